The molecule has 3 N–H and O–H groups in total. The molecule has 0 unspecified atom stereocenters. The number of alkyl halides is 3. The number of urea groups is 1. The van der Waals surface area contributed by atoms with Crippen molar-refractivity contribution in [2.24, 2.45) is 0 Å². The highest BCUT2D eigenvalue weighted by Gasteiger charge is 2.34. The summed E-state index contributed by atoms with van der Waals surface area (Å²) in [6, 6.07) is 5.10. The van der Waals surface area contributed by atoms with Crippen molar-refractivity contribution in [2.75, 3.05) is 48.8 Å². The standard InChI is InChI=1S/C21H26F3N7O/c1-25-19-26-7-5-18(29-19)31-10-6-16(13-31)28-20(32)27-15-4-3-14(12-30-8-2-9-30)17(11-15)21(22,23)24/h3-5,7,11,16H,2,6,8-10,12-13H2,1H3,(H,25,26,29)(H2,27,28,32)/t16-/m0/s1. The van der Waals surface area contributed by atoms with Crippen molar-refractivity contribution in [1.29, 1.82) is 0 Å². The first-order valence-electron chi connectivity index (χ1n) is 10.6. The molecule has 2 aliphatic rings. The predicted molar refractivity (Wildman–Crippen MR) is 116 cm³/mol. The molecule has 3 heterocycles. The quantitative estimate of drug-likeness (QED) is 0.628. The van der Waals surface area contributed by atoms with Crippen LogP contribution >= 0.6 is 0 Å². The summed E-state index contributed by atoms with van der Waals surface area (Å²) < 4.78 is 40.7. The van der Waals surface area contributed by atoms with Crippen molar-refractivity contribution < 1.29 is 18.0 Å². The molecule has 2 saturated heterocycles. The van der Waals surface area contributed by atoms with Crippen molar-refractivity contribution in [3.05, 3.63) is 41.6 Å². The number of nitrogens with zero attached hydrogens (tertiary/aromatic N) is 4. The zero-order chi connectivity index (χ0) is 22.7. The summed E-state index contributed by atoms with van der Waals surface area (Å²) in [5, 5.41) is 8.27. The maximum atomic E-state index is 13.6. The van der Waals surface area contributed by atoms with Gasteiger partial charge in [-0.05, 0) is 49.7 Å². The summed E-state index contributed by atoms with van der Waals surface area (Å²) >= 11 is 0. The zero-order valence-electron chi connectivity index (χ0n) is 17.7. The van der Waals surface area contributed by atoms with Gasteiger partial charge < -0.3 is 20.9 Å². The molecule has 11 heteroatoms. The molecule has 1 aromatic heterocycles. The van der Waals surface area contributed by atoms with Gasteiger partial charge in [0.15, 0.2) is 0 Å². The van der Waals surface area contributed by atoms with Gasteiger partial charge in [-0.15, -0.1) is 0 Å². The number of likely N-dealkylation sites (tertiary alicyclic amines) is 1. The van der Waals surface area contributed by atoms with Crippen LogP contribution in [0, 0.1) is 0 Å². The van der Waals surface area contributed by atoms with Crippen LogP contribution in [0.15, 0.2) is 30.5 Å². The monoisotopic (exact) mass is 449 g/mol. The number of amides is 2. The van der Waals surface area contributed by atoms with Crippen LogP contribution in [0.2, 0.25) is 0 Å². The smallest absolute Gasteiger partial charge is 0.357 e. The minimum atomic E-state index is -4.48. The van der Waals surface area contributed by atoms with Gasteiger partial charge in [-0.25, -0.2) is 9.78 Å². The Morgan fingerprint density at radius 2 is 2.03 bits per heavy atom. The van der Waals surface area contributed by atoms with Crippen molar-refractivity contribution in [1.82, 2.24) is 20.2 Å². The second-order valence-corrected chi connectivity index (χ2v) is 8.02. The van der Waals surface area contributed by atoms with Crippen LogP contribution in [0.25, 0.3) is 0 Å². The van der Waals surface area contributed by atoms with Crippen LogP contribution in [0.4, 0.5) is 35.4 Å². The van der Waals surface area contributed by atoms with Crippen LogP contribution in [-0.2, 0) is 12.7 Å². The number of carbonyl (C=O) groups excluding carboxylic acids is 1. The molecule has 2 aromatic rings. The molecule has 2 fully saturated rings. The normalized spacial score (nSPS) is 18.9. The van der Waals surface area contributed by atoms with Gasteiger partial charge in [0.1, 0.15) is 5.82 Å². The van der Waals surface area contributed by atoms with Crippen molar-refractivity contribution >= 4 is 23.5 Å². The molecule has 2 amide bonds. The summed E-state index contributed by atoms with van der Waals surface area (Å²) in [5.74, 6) is 1.26. The molecule has 0 spiro atoms. The highest BCUT2D eigenvalue weighted by molar-refractivity contribution is 5.89. The Kier molecular flexibility index (Phi) is 6.35. The molecule has 1 atom stereocenters. The molecule has 1 aromatic carbocycles. The minimum Gasteiger partial charge on any atom is -0.357 e. The van der Waals surface area contributed by atoms with Crippen LogP contribution in [-0.4, -0.2) is 60.2 Å². The van der Waals surface area contributed by atoms with Gasteiger partial charge in [0.05, 0.1) is 5.56 Å². The SMILES string of the molecule is CNc1nccc(N2CC[C@H](NC(=O)Nc3ccc(CN4CCC4)c(C(F)(F)F)c3)C2)n1. The molecular formula is C21H26F3N7O. The molecular weight excluding hydrogens is 423 g/mol. The predicted octanol–water partition coefficient (Wildman–Crippen LogP) is 3.14. The third kappa shape index (κ3) is 5.21. The summed E-state index contributed by atoms with van der Waals surface area (Å²) in [6.07, 6.45) is -1.11. The third-order valence-corrected chi connectivity index (χ3v) is 5.73. The molecule has 32 heavy (non-hydrogen) atoms. The number of hydrogen-bond donors (Lipinski definition) is 3. The van der Waals surface area contributed by atoms with Crippen molar-refractivity contribution in [3.63, 3.8) is 0 Å². The van der Waals surface area contributed by atoms with E-state index in [-0.39, 0.29) is 23.8 Å². The van der Waals surface area contributed by atoms with E-state index in [0.29, 0.717) is 25.5 Å². The average Bonchev–Trinajstić information content (AvgIpc) is 3.19. The number of halogens is 3. The second kappa shape index (κ2) is 9.19. The fourth-order valence-corrected chi connectivity index (χ4v) is 3.92. The van der Waals surface area contributed by atoms with Crippen molar-refractivity contribution in [2.45, 2.75) is 31.6 Å². The first kappa shape index (κ1) is 22.1. The largest absolute Gasteiger partial charge is 0.416 e. The first-order valence-corrected chi connectivity index (χ1v) is 10.6. The van der Waals surface area contributed by atoms with Crippen molar-refractivity contribution in [3.8, 4) is 0 Å². The molecule has 8 nitrogen and oxygen atoms in total. The van der Waals surface area contributed by atoms with Crippen LogP contribution in [0.5, 0.6) is 0 Å². The van der Waals surface area contributed by atoms with E-state index in [0.717, 1.165) is 31.4 Å². The van der Waals surface area contributed by atoms with E-state index < -0.39 is 17.8 Å². The van der Waals surface area contributed by atoms with Crippen LogP contribution in [0.3, 0.4) is 0 Å². The van der Waals surface area contributed by atoms with Gasteiger partial charge in [0.25, 0.3) is 0 Å². The van der Waals surface area contributed by atoms with E-state index in [1.165, 1.54) is 12.1 Å². The van der Waals surface area contributed by atoms with Crippen LogP contribution < -0.4 is 20.9 Å². The Balaban J connectivity index is 1.36. The Hall–Kier alpha value is -3.08. The Bertz CT molecular complexity index is 965. The van der Waals surface area contributed by atoms with E-state index >= 15 is 0 Å². The molecule has 0 radical (unpaired) electrons. The fourth-order valence-electron chi connectivity index (χ4n) is 3.92. The molecule has 172 valence electrons. The Morgan fingerprint density at radius 3 is 2.72 bits per heavy atom. The number of rotatable bonds is 6. The van der Waals surface area contributed by atoms with E-state index in [4.69, 9.17) is 0 Å². The number of benzene rings is 1. The van der Waals surface area contributed by atoms with E-state index in [9.17, 15) is 18.0 Å². The summed E-state index contributed by atoms with van der Waals surface area (Å²) in [5.41, 5.74) is -0.370. The third-order valence-electron chi connectivity index (χ3n) is 5.73. The van der Waals surface area contributed by atoms with Gasteiger partial charge in [0.2, 0.25) is 5.95 Å². The average molecular weight is 449 g/mol. The topological polar surface area (TPSA) is 85.4 Å². The first-order chi connectivity index (χ1) is 15.3. The molecule has 4 rings (SSSR count). The molecule has 0 aliphatic carbocycles. The van der Waals surface area contributed by atoms with E-state index in [1.807, 2.05) is 9.80 Å². The van der Waals surface area contributed by atoms with Gasteiger partial charge in [-0.1, -0.05) is 6.07 Å². The number of hydrogen-bond acceptors (Lipinski definition) is 6. The van der Waals surface area contributed by atoms with Gasteiger partial charge >= 0.3 is 12.2 Å². The zero-order valence-corrected chi connectivity index (χ0v) is 17.7. The lowest BCUT2D eigenvalue weighted by molar-refractivity contribution is -0.138. The van der Waals surface area contributed by atoms with Gasteiger partial charge in [-0.3, -0.25) is 4.90 Å². The highest BCUT2D eigenvalue weighted by Crippen LogP contribution is 2.35. The number of nitrogens with one attached hydrogen (secondary N) is 3. The number of aromatic nitrogens is 2. The number of carbonyl (C=O) groups is 1. The van der Waals surface area contributed by atoms with Gasteiger partial charge in [0, 0.05) is 44.6 Å². The molecule has 0 saturated carbocycles. The van der Waals surface area contributed by atoms with Crippen LogP contribution in [0.1, 0.15) is 24.0 Å². The summed E-state index contributed by atoms with van der Waals surface area (Å²) in [4.78, 5) is 24.9. The lowest BCUT2D eigenvalue weighted by atomic mass is 10.0. The lowest BCUT2D eigenvalue weighted by Gasteiger charge is -2.31. The summed E-state index contributed by atoms with van der Waals surface area (Å²) in [7, 11) is 1.74. The Labute approximate surface area is 184 Å². The Morgan fingerprint density at radius 1 is 1.22 bits per heavy atom. The van der Waals surface area contributed by atoms with E-state index in [2.05, 4.69) is 25.9 Å². The summed E-state index contributed by atoms with van der Waals surface area (Å²) in [6.45, 7) is 3.13. The maximum absolute atomic E-state index is 13.6. The molecule has 0 bridgehead atoms. The lowest BCUT2D eigenvalue weighted by Crippen LogP contribution is -2.40. The minimum absolute atomic E-state index is 0.117. The van der Waals surface area contributed by atoms with E-state index in [1.54, 1.807) is 19.3 Å². The number of anilines is 3. The highest BCUT2D eigenvalue weighted by atomic mass is 19.4. The molecule has 2 aliphatic heterocycles. The maximum Gasteiger partial charge on any atom is 0.416 e. The fraction of sp³-hybridized carbons (Fsp3) is 0.476. The van der Waals surface area contributed by atoms with Gasteiger partial charge in [-0.2, -0.15) is 18.2 Å². The second-order valence-electron chi connectivity index (χ2n) is 8.02.